The van der Waals surface area contributed by atoms with E-state index in [-0.39, 0.29) is 11.3 Å². The molecule has 3 atom stereocenters. The van der Waals surface area contributed by atoms with Crippen LogP contribution in [0.1, 0.15) is 23.3 Å². The monoisotopic (exact) mass is 273 g/mol. The highest BCUT2D eigenvalue weighted by molar-refractivity contribution is 7.84. The average Bonchev–Trinajstić information content (AvgIpc) is 2.40. The second-order valence-corrected chi connectivity index (χ2v) is 6.26. The molecule has 0 aliphatic heterocycles. The molecule has 0 spiro atoms. The molecule has 0 amide bonds. The molecule has 0 aliphatic rings. The minimum Gasteiger partial charge on any atom is -0.327 e. The molecule has 2 N–H and O–H groups in total. The van der Waals surface area contributed by atoms with Gasteiger partial charge in [0.2, 0.25) is 0 Å². The Labute approximate surface area is 117 Å². The van der Waals surface area contributed by atoms with E-state index >= 15 is 0 Å². The molecule has 0 saturated carbocycles. The predicted octanol–water partition coefficient (Wildman–Crippen LogP) is 3.02. The van der Waals surface area contributed by atoms with Crippen LogP contribution in [0.3, 0.4) is 0 Å². The fourth-order valence-electron chi connectivity index (χ4n) is 2.17. The van der Waals surface area contributed by atoms with Crippen LogP contribution in [0.25, 0.3) is 0 Å². The van der Waals surface area contributed by atoms with Crippen molar-refractivity contribution in [1.29, 1.82) is 0 Å². The van der Waals surface area contributed by atoms with E-state index in [0.717, 1.165) is 11.1 Å². The molecule has 0 saturated heterocycles. The topological polar surface area (TPSA) is 43.1 Å². The third-order valence-electron chi connectivity index (χ3n) is 3.04. The van der Waals surface area contributed by atoms with Crippen LogP contribution in [0.5, 0.6) is 0 Å². The van der Waals surface area contributed by atoms with Gasteiger partial charge in [-0.25, -0.2) is 0 Å². The summed E-state index contributed by atoms with van der Waals surface area (Å²) >= 11 is 0. The summed E-state index contributed by atoms with van der Waals surface area (Å²) in [5.74, 6) is 0.544. The first kappa shape index (κ1) is 14.0. The Morgan fingerprint density at radius 2 is 1.53 bits per heavy atom. The van der Waals surface area contributed by atoms with Crippen molar-refractivity contribution >= 4 is 10.8 Å². The number of rotatable bonds is 5. The van der Waals surface area contributed by atoms with Crippen molar-refractivity contribution in [3.05, 3.63) is 71.8 Å². The molecule has 0 unspecified atom stereocenters. The second-order valence-electron chi connectivity index (χ2n) is 4.70. The highest BCUT2D eigenvalue weighted by atomic mass is 32.2. The molecule has 2 rings (SSSR count). The van der Waals surface area contributed by atoms with E-state index in [1.54, 1.807) is 0 Å². The molecular formula is C16H19NOS. The fourth-order valence-corrected chi connectivity index (χ4v) is 3.81. The van der Waals surface area contributed by atoms with Gasteiger partial charge in [0, 0.05) is 22.6 Å². The summed E-state index contributed by atoms with van der Waals surface area (Å²) in [5, 5.41) is -0.124. The summed E-state index contributed by atoms with van der Waals surface area (Å²) in [6.07, 6.45) is 0. The molecule has 0 radical (unpaired) electrons. The van der Waals surface area contributed by atoms with Crippen molar-refractivity contribution in [1.82, 2.24) is 0 Å². The molecule has 2 aromatic rings. The third kappa shape index (κ3) is 3.75. The first-order chi connectivity index (χ1) is 9.18. The number of hydrogen-bond donors (Lipinski definition) is 1. The van der Waals surface area contributed by atoms with Crippen LogP contribution < -0.4 is 5.73 Å². The summed E-state index contributed by atoms with van der Waals surface area (Å²) in [7, 11) is -1.01. The smallest absolute Gasteiger partial charge is 0.0748 e. The van der Waals surface area contributed by atoms with Gasteiger partial charge in [0.1, 0.15) is 0 Å². The van der Waals surface area contributed by atoms with Crippen LogP contribution >= 0.6 is 0 Å². The van der Waals surface area contributed by atoms with Gasteiger partial charge in [-0.2, -0.15) is 0 Å². The predicted molar refractivity (Wildman–Crippen MR) is 81.1 cm³/mol. The lowest BCUT2D eigenvalue weighted by molar-refractivity contribution is 0.644. The van der Waals surface area contributed by atoms with Gasteiger partial charge >= 0.3 is 0 Å². The van der Waals surface area contributed by atoms with Crippen LogP contribution in [0.2, 0.25) is 0 Å². The van der Waals surface area contributed by atoms with Gasteiger partial charge in [-0.15, -0.1) is 0 Å². The zero-order valence-corrected chi connectivity index (χ0v) is 11.8. The van der Waals surface area contributed by atoms with Crippen molar-refractivity contribution in [3.63, 3.8) is 0 Å². The number of nitrogens with two attached hydrogens (primary N) is 1. The Hall–Kier alpha value is -1.45. The fraction of sp³-hybridized carbons (Fsp3) is 0.250. The quantitative estimate of drug-likeness (QED) is 0.910. The van der Waals surface area contributed by atoms with E-state index < -0.39 is 10.8 Å². The summed E-state index contributed by atoms with van der Waals surface area (Å²) in [6, 6.07) is 19.7. The van der Waals surface area contributed by atoms with Gasteiger partial charge < -0.3 is 5.73 Å². The van der Waals surface area contributed by atoms with Crippen LogP contribution in [0.4, 0.5) is 0 Å². The molecule has 0 aliphatic carbocycles. The normalized spacial score (nSPS) is 15.7. The minimum atomic E-state index is -1.01. The highest BCUT2D eigenvalue weighted by Crippen LogP contribution is 2.24. The van der Waals surface area contributed by atoms with Gasteiger partial charge in [0.05, 0.1) is 5.25 Å². The van der Waals surface area contributed by atoms with E-state index in [9.17, 15) is 4.21 Å². The van der Waals surface area contributed by atoms with Gasteiger partial charge in [0.25, 0.3) is 0 Å². The summed E-state index contributed by atoms with van der Waals surface area (Å²) < 4.78 is 12.6. The lowest BCUT2D eigenvalue weighted by atomic mass is 10.1. The van der Waals surface area contributed by atoms with Gasteiger partial charge in [0.15, 0.2) is 0 Å². The summed E-state index contributed by atoms with van der Waals surface area (Å²) in [4.78, 5) is 0. The van der Waals surface area contributed by atoms with Crippen molar-refractivity contribution in [3.8, 4) is 0 Å². The van der Waals surface area contributed by atoms with E-state index in [0.29, 0.717) is 5.75 Å². The average molecular weight is 273 g/mol. The Balaban J connectivity index is 2.19. The Bertz CT molecular complexity index is 525. The van der Waals surface area contributed by atoms with Crippen LogP contribution in [-0.4, -0.2) is 10.3 Å². The SMILES string of the molecule is C[C@H](N)[C@@H](c1ccccc1)[S@](=O)Cc1ccccc1. The molecule has 0 fully saturated rings. The van der Waals surface area contributed by atoms with E-state index in [4.69, 9.17) is 5.73 Å². The molecular weight excluding hydrogens is 254 g/mol. The molecule has 19 heavy (non-hydrogen) atoms. The lowest BCUT2D eigenvalue weighted by Gasteiger charge is -2.20. The van der Waals surface area contributed by atoms with Gasteiger partial charge in [-0.05, 0) is 18.1 Å². The first-order valence-electron chi connectivity index (χ1n) is 6.40. The molecule has 2 aromatic carbocycles. The Morgan fingerprint density at radius 3 is 2.05 bits per heavy atom. The maximum atomic E-state index is 12.6. The zero-order chi connectivity index (χ0) is 13.7. The standard InChI is InChI=1S/C16H19NOS/c1-13(17)16(15-10-6-3-7-11-15)19(18)12-14-8-4-2-5-9-14/h2-11,13,16H,12,17H2,1H3/t13-,16-,19+/m0/s1. The molecule has 0 aromatic heterocycles. The first-order valence-corrected chi connectivity index (χ1v) is 7.78. The second kappa shape index (κ2) is 6.64. The van der Waals surface area contributed by atoms with Crippen LogP contribution in [-0.2, 0) is 16.6 Å². The van der Waals surface area contributed by atoms with Gasteiger partial charge in [-0.1, -0.05) is 60.7 Å². The molecule has 100 valence electrons. The van der Waals surface area contributed by atoms with E-state index in [2.05, 4.69) is 0 Å². The molecule has 2 nitrogen and oxygen atoms in total. The third-order valence-corrected chi connectivity index (χ3v) is 4.93. The Kier molecular flexibility index (Phi) is 4.88. The van der Waals surface area contributed by atoms with Gasteiger partial charge in [-0.3, -0.25) is 4.21 Å². The molecule has 0 bridgehead atoms. The summed E-state index contributed by atoms with van der Waals surface area (Å²) in [5.41, 5.74) is 8.16. The van der Waals surface area contributed by atoms with E-state index in [1.807, 2.05) is 67.6 Å². The van der Waals surface area contributed by atoms with Crippen LogP contribution in [0.15, 0.2) is 60.7 Å². The molecule has 3 heteroatoms. The Morgan fingerprint density at radius 1 is 1.00 bits per heavy atom. The summed E-state index contributed by atoms with van der Waals surface area (Å²) in [6.45, 7) is 1.92. The van der Waals surface area contributed by atoms with Crippen LogP contribution in [0, 0.1) is 0 Å². The van der Waals surface area contributed by atoms with Crippen molar-refractivity contribution in [2.45, 2.75) is 24.0 Å². The minimum absolute atomic E-state index is 0.124. The van der Waals surface area contributed by atoms with Crippen molar-refractivity contribution < 1.29 is 4.21 Å². The number of hydrogen-bond acceptors (Lipinski definition) is 2. The number of benzene rings is 2. The maximum absolute atomic E-state index is 12.6. The van der Waals surface area contributed by atoms with E-state index in [1.165, 1.54) is 0 Å². The zero-order valence-electron chi connectivity index (χ0n) is 11.0. The highest BCUT2D eigenvalue weighted by Gasteiger charge is 2.22. The van der Waals surface area contributed by atoms with Crippen molar-refractivity contribution in [2.75, 3.05) is 0 Å². The largest absolute Gasteiger partial charge is 0.327 e. The lowest BCUT2D eigenvalue weighted by Crippen LogP contribution is -2.28. The maximum Gasteiger partial charge on any atom is 0.0748 e. The van der Waals surface area contributed by atoms with Crippen molar-refractivity contribution in [2.24, 2.45) is 5.73 Å². The molecule has 0 heterocycles.